The standard InChI is InChI=1S/C16H24N4O4/c1-15(2,3)24-14(21)18-16(4)7-10-19(11-8-16)12-6-5-9-17-13(12)20(22)23/h5-6,9H,7-8,10-11H2,1-4H3,(H,18,21). The Morgan fingerprint density at radius 3 is 2.58 bits per heavy atom. The maximum Gasteiger partial charge on any atom is 0.408 e. The summed E-state index contributed by atoms with van der Waals surface area (Å²) >= 11 is 0. The normalized spacial score (nSPS) is 17.2. The number of amides is 1. The summed E-state index contributed by atoms with van der Waals surface area (Å²) in [5, 5.41) is 14.0. The predicted octanol–water partition coefficient (Wildman–Crippen LogP) is 2.87. The van der Waals surface area contributed by atoms with Crippen molar-refractivity contribution in [2.45, 2.75) is 51.7 Å². The second-order valence-corrected chi connectivity index (χ2v) is 7.28. The average Bonchev–Trinajstić information content (AvgIpc) is 2.45. The van der Waals surface area contributed by atoms with Crippen molar-refractivity contribution in [1.82, 2.24) is 10.3 Å². The zero-order valence-corrected chi connectivity index (χ0v) is 14.5. The molecule has 1 amide bonds. The highest BCUT2D eigenvalue weighted by Crippen LogP contribution is 2.31. The number of hydrogen-bond donors (Lipinski definition) is 1. The molecule has 1 aliphatic heterocycles. The Morgan fingerprint density at radius 2 is 2.04 bits per heavy atom. The van der Waals surface area contributed by atoms with Gasteiger partial charge < -0.3 is 25.1 Å². The molecule has 2 heterocycles. The maximum atomic E-state index is 12.0. The average molecular weight is 336 g/mol. The van der Waals surface area contributed by atoms with Crippen molar-refractivity contribution >= 4 is 17.6 Å². The van der Waals surface area contributed by atoms with Crippen LogP contribution in [0.1, 0.15) is 40.5 Å². The van der Waals surface area contributed by atoms with E-state index in [2.05, 4.69) is 10.3 Å². The van der Waals surface area contributed by atoms with Gasteiger partial charge >= 0.3 is 11.9 Å². The SMILES string of the molecule is CC1(NC(=O)OC(C)(C)C)CCN(c2cccnc2[N+](=O)[O-])CC1. The molecule has 0 unspecified atom stereocenters. The van der Waals surface area contributed by atoms with E-state index in [-0.39, 0.29) is 5.82 Å². The first kappa shape index (κ1) is 18.0. The minimum atomic E-state index is -0.544. The summed E-state index contributed by atoms with van der Waals surface area (Å²) in [7, 11) is 0. The molecule has 24 heavy (non-hydrogen) atoms. The molecule has 0 aromatic carbocycles. The van der Waals surface area contributed by atoms with Crippen LogP contribution in [0.2, 0.25) is 0 Å². The van der Waals surface area contributed by atoms with Crippen molar-refractivity contribution in [3.63, 3.8) is 0 Å². The van der Waals surface area contributed by atoms with Crippen LogP contribution in [-0.4, -0.2) is 40.2 Å². The number of nitrogens with one attached hydrogen (secondary N) is 1. The van der Waals surface area contributed by atoms with Crippen molar-refractivity contribution in [1.29, 1.82) is 0 Å². The lowest BCUT2D eigenvalue weighted by Crippen LogP contribution is -2.54. The van der Waals surface area contributed by atoms with Crippen LogP contribution >= 0.6 is 0 Å². The fourth-order valence-electron chi connectivity index (χ4n) is 2.69. The first-order chi connectivity index (χ1) is 11.1. The molecule has 0 saturated carbocycles. The minimum absolute atomic E-state index is 0.138. The molecule has 1 N–H and O–H groups in total. The smallest absolute Gasteiger partial charge is 0.408 e. The highest BCUT2D eigenvalue weighted by Gasteiger charge is 2.34. The van der Waals surface area contributed by atoms with Crippen molar-refractivity contribution in [2.24, 2.45) is 0 Å². The number of nitro groups is 1. The lowest BCUT2D eigenvalue weighted by molar-refractivity contribution is -0.388. The van der Waals surface area contributed by atoms with Gasteiger partial charge in [-0.3, -0.25) is 0 Å². The molecule has 132 valence electrons. The zero-order valence-electron chi connectivity index (χ0n) is 14.5. The Bertz CT molecular complexity index is 619. The number of carbonyl (C=O) groups is 1. The van der Waals surface area contributed by atoms with E-state index in [4.69, 9.17) is 4.74 Å². The highest BCUT2D eigenvalue weighted by atomic mass is 16.6. The third kappa shape index (κ3) is 4.56. The van der Waals surface area contributed by atoms with E-state index in [0.717, 1.165) is 0 Å². The van der Waals surface area contributed by atoms with Crippen LogP contribution in [0.15, 0.2) is 18.3 Å². The summed E-state index contributed by atoms with van der Waals surface area (Å²) in [4.78, 5) is 28.4. The summed E-state index contributed by atoms with van der Waals surface area (Å²) in [6.45, 7) is 8.61. The number of rotatable bonds is 3. The molecule has 0 spiro atoms. The Morgan fingerprint density at radius 1 is 1.42 bits per heavy atom. The van der Waals surface area contributed by atoms with Gasteiger partial charge in [-0.1, -0.05) is 0 Å². The summed E-state index contributed by atoms with van der Waals surface area (Å²) in [5.41, 5.74) is -0.422. The van der Waals surface area contributed by atoms with Crippen LogP contribution in [-0.2, 0) is 4.74 Å². The van der Waals surface area contributed by atoms with E-state index in [1.54, 1.807) is 12.1 Å². The molecule has 1 saturated heterocycles. The monoisotopic (exact) mass is 336 g/mol. The van der Waals surface area contributed by atoms with Gasteiger partial charge in [0, 0.05) is 18.6 Å². The quantitative estimate of drug-likeness (QED) is 0.673. The third-order valence-corrected chi connectivity index (χ3v) is 3.95. The fourth-order valence-corrected chi connectivity index (χ4v) is 2.69. The summed E-state index contributed by atoms with van der Waals surface area (Å²) in [6, 6.07) is 3.39. The van der Waals surface area contributed by atoms with E-state index >= 15 is 0 Å². The molecule has 0 aliphatic carbocycles. The minimum Gasteiger partial charge on any atom is -0.444 e. The van der Waals surface area contributed by atoms with E-state index in [1.165, 1.54) is 6.20 Å². The number of carbonyl (C=O) groups excluding carboxylic acids is 1. The van der Waals surface area contributed by atoms with E-state index in [1.807, 2.05) is 32.6 Å². The molecule has 1 aromatic rings. The number of hydrogen-bond acceptors (Lipinski definition) is 6. The number of pyridine rings is 1. The molecule has 1 aromatic heterocycles. The van der Waals surface area contributed by atoms with E-state index in [9.17, 15) is 14.9 Å². The molecule has 8 heteroatoms. The Balaban J connectivity index is 2.01. The number of alkyl carbamates (subject to hydrolysis) is 1. The van der Waals surface area contributed by atoms with Gasteiger partial charge in [0.1, 0.15) is 17.5 Å². The lowest BCUT2D eigenvalue weighted by atomic mass is 9.89. The number of piperidine rings is 1. The molecule has 0 radical (unpaired) electrons. The summed E-state index contributed by atoms with van der Waals surface area (Å²) < 4.78 is 5.30. The Labute approximate surface area is 141 Å². The van der Waals surface area contributed by atoms with Gasteiger partial charge in [0.25, 0.3) is 0 Å². The lowest BCUT2D eigenvalue weighted by Gasteiger charge is -2.40. The number of anilines is 1. The Hall–Kier alpha value is -2.38. The molecule has 1 aliphatic rings. The zero-order chi connectivity index (χ0) is 18.0. The first-order valence-corrected chi connectivity index (χ1v) is 7.95. The van der Waals surface area contributed by atoms with Crippen LogP contribution in [0.25, 0.3) is 0 Å². The van der Waals surface area contributed by atoms with Crippen LogP contribution < -0.4 is 10.2 Å². The third-order valence-electron chi connectivity index (χ3n) is 3.95. The summed E-state index contributed by atoms with van der Waals surface area (Å²) in [5.74, 6) is -0.138. The molecular formula is C16H24N4O4. The molecule has 2 rings (SSSR count). The first-order valence-electron chi connectivity index (χ1n) is 7.95. The van der Waals surface area contributed by atoms with Crippen molar-refractivity contribution in [2.75, 3.05) is 18.0 Å². The van der Waals surface area contributed by atoms with Crippen LogP contribution in [0, 0.1) is 10.1 Å². The van der Waals surface area contributed by atoms with Gasteiger partial charge in [-0.05, 0) is 62.6 Å². The van der Waals surface area contributed by atoms with Crippen molar-refractivity contribution < 1.29 is 14.5 Å². The van der Waals surface area contributed by atoms with Gasteiger partial charge in [0.05, 0.1) is 0 Å². The Kier molecular flexibility index (Phi) is 4.96. The molecule has 0 atom stereocenters. The number of aromatic nitrogens is 1. The second kappa shape index (κ2) is 6.62. The van der Waals surface area contributed by atoms with E-state index in [0.29, 0.717) is 31.6 Å². The molecule has 0 bridgehead atoms. The fraction of sp³-hybridized carbons (Fsp3) is 0.625. The highest BCUT2D eigenvalue weighted by molar-refractivity contribution is 5.69. The number of nitrogens with zero attached hydrogens (tertiary/aromatic N) is 3. The molecule has 1 fully saturated rings. The van der Waals surface area contributed by atoms with Gasteiger partial charge in [-0.25, -0.2) is 4.79 Å². The van der Waals surface area contributed by atoms with E-state index < -0.39 is 22.2 Å². The van der Waals surface area contributed by atoms with Gasteiger partial charge in [-0.15, -0.1) is 0 Å². The van der Waals surface area contributed by atoms with Gasteiger partial charge in [0.15, 0.2) is 0 Å². The topological polar surface area (TPSA) is 97.6 Å². The molecule has 8 nitrogen and oxygen atoms in total. The van der Waals surface area contributed by atoms with Crippen LogP contribution in [0.5, 0.6) is 0 Å². The number of ether oxygens (including phenoxy) is 1. The van der Waals surface area contributed by atoms with Gasteiger partial charge in [-0.2, -0.15) is 0 Å². The predicted molar refractivity (Wildman–Crippen MR) is 90.1 cm³/mol. The van der Waals surface area contributed by atoms with Gasteiger partial charge in [0.2, 0.25) is 0 Å². The van der Waals surface area contributed by atoms with Crippen LogP contribution in [0.4, 0.5) is 16.3 Å². The summed E-state index contributed by atoms with van der Waals surface area (Å²) in [6.07, 6.45) is 2.31. The largest absolute Gasteiger partial charge is 0.444 e. The maximum absolute atomic E-state index is 12.0. The second-order valence-electron chi connectivity index (χ2n) is 7.28. The van der Waals surface area contributed by atoms with Crippen molar-refractivity contribution in [3.8, 4) is 0 Å². The van der Waals surface area contributed by atoms with Crippen LogP contribution in [0.3, 0.4) is 0 Å². The molecular weight excluding hydrogens is 312 g/mol. The van der Waals surface area contributed by atoms with Crippen molar-refractivity contribution in [3.05, 3.63) is 28.4 Å².